The van der Waals surface area contributed by atoms with Crippen LogP contribution in [0.2, 0.25) is 0 Å². The van der Waals surface area contributed by atoms with Gasteiger partial charge in [0.1, 0.15) is 0 Å². The van der Waals surface area contributed by atoms with Crippen molar-refractivity contribution in [3.05, 3.63) is 131 Å². The van der Waals surface area contributed by atoms with Crippen molar-refractivity contribution in [1.29, 1.82) is 0 Å². The molecule has 4 aromatic rings. The fourth-order valence-corrected chi connectivity index (χ4v) is 3.15. The number of rotatable bonds is 6. The lowest BCUT2D eigenvalue weighted by molar-refractivity contribution is 1.46. The number of aryl methyl sites for hydroxylation is 1. The van der Waals surface area contributed by atoms with Crippen molar-refractivity contribution in [2.75, 3.05) is 5.32 Å². The minimum absolute atomic E-state index is 1.08. The number of hydrogen-bond donors (Lipinski definition) is 1. The van der Waals surface area contributed by atoms with E-state index >= 15 is 0 Å². The molecule has 0 saturated heterocycles. The van der Waals surface area contributed by atoms with Gasteiger partial charge in [-0.25, -0.2) is 0 Å². The van der Waals surface area contributed by atoms with Crippen molar-refractivity contribution in [3.63, 3.8) is 0 Å². The molecule has 4 rings (SSSR count). The van der Waals surface area contributed by atoms with E-state index in [1.165, 1.54) is 27.8 Å². The summed E-state index contributed by atoms with van der Waals surface area (Å²) in [6, 6.07) is 35.8. The van der Waals surface area contributed by atoms with E-state index < -0.39 is 0 Å². The molecule has 1 N–H and O–H groups in total. The SMILES string of the molecule is Cc1ccc(/C=C/c2ccc(Nc3ccc(/C=C/c4ccccc4)cc3)cc2)cc1. The Bertz CT molecular complexity index is 1120. The van der Waals surface area contributed by atoms with Gasteiger partial charge >= 0.3 is 0 Å². The Labute approximate surface area is 179 Å². The van der Waals surface area contributed by atoms with Gasteiger partial charge in [-0.1, -0.05) is 109 Å². The lowest BCUT2D eigenvalue weighted by atomic mass is 10.1. The average Bonchev–Trinajstić information content (AvgIpc) is 2.80. The third kappa shape index (κ3) is 5.59. The molecule has 0 radical (unpaired) electrons. The van der Waals surface area contributed by atoms with Crippen LogP contribution in [0, 0.1) is 6.92 Å². The van der Waals surface area contributed by atoms with Crippen molar-refractivity contribution in [2.24, 2.45) is 0 Å². The molecule has 146 valence electrons. The molecule has 0 unspecified atom stereocenters. The van der Waals surface area contributed by atoms with Gasteiger partial charge in [0.05, 0.1) is 0 Å². The first-order valence-corrected chi connectivity index (χ1v) is 10.2. The Kier molecular flexibility index (Phi) is 6.22. The molecule has 0 atom stereocenters. The number of benzene rings is 4. The zero-order valence-electron chi connectivity index (χ0n) is 17.1. The van der Waals surface area contributed by atoms with Crippen LogP contribution < -0.4 is 5.32 Å². The largest absolute Gasteiger partial charge is 0.356 e. The Hall–Kier alpha value is -3.84. The fraction of sp³-hybridized carbons (Fsp3) is 0.0345. The highest BCUT2D eigenvalue weighted by Crippen LogP contribution is 2.19. The number of anilines is 2. The summed E-state index contributed by atoms with van der Waals surface area (Å²) in [6.07, 6.45) is 8.55. The van der Waals surface area contributed by atoms with Gasteiger partial charge in [-0.3, -0.25) is 0 Å². The van der Waals surface area contributed by atoms with E-state index in [1.54, 1.807) is 0 Å². The molecule has 0 aliphatic heterocycles. The van der Waals surface area contributed by atoms with E-state index in [0.717, 1.165) is 11.4 Å². The molecular formula is C29H25N. The average molecular weight is 388 g/mol. The third-order valence-corrected chi connectivity index (χ3v) is 4.92. The predicted octanol–water partition coefficient (Wildman–Crippen LogP) is 8.08. The first-order valence-electron chi connectivity index (χ1n) is 10.2. The highest BCUT2D eigenvalue weighted by Gasteiger charge is 1.96. The summed E-state index contributed by atoms with van der Waals surface area (Å²) < 4.78 is 0. The normalized spacial score (nSPS) is 11.2. The Morgan fingerprint density at radius 1 is 0.433 bits per heavy atom. The number of nitrogens with one attached hydrogen (secondary N) is 1. The van der Waals surface area contributed by atoms with Crippen molar-refractivity contribution in [1.82, 2.24) is 0 Å². The molecule has 0 amide bonds. The summed E-state index contributed by atoms with van der Waals surface area (Å²) in [5.41, 5.74) is 8.22. The maximum absolute atomic E-state index is 3.46. The van der Waals surface area contributed by atoms with Crippen LogP contribution in [0.1, 0.15) is 27.8 Å². The van der Waals surface area contributed by atoms with Crippen LogP contribution in [0.25, 0.3) is 24.3 Å². The molecule has 30 heavy (non-hydrogen) atoms. The van der Waals surface area contributed by atoms with Crippen molar-refractivity contribution >= 4 is 35.7 Å². The summed E-state index contributed by atoms with van der Waals surface area (Å²) >= 11 is 0. The van der Waals surface area contributed by atoms with Crippen LogP contribution in [-0.2, 0) is 0 Å². The van der Waals surface area contributed by atoms with E-state index in [4.69, 9.17) is 0 Å². The van der Waals surface area contributed by atoms with Gasteiger partial charge in [-0.15, -0.1) is 0 Å². The van der Waals surface area contributed by atoms with Gasteiger partial charge in [-0.05, 0) is 53.4 Å². The second kappa shape index (κ2) is 9.58. The van der Waals surface area contributed by atoms with Gasteiger partial charge in [-0.2, -0.15) is 0 Å². The van der Waals surface area contributed by atoms with Gasteiger partial charge in [0.15, 0.2) is 0 Å². The monoisotopic (exact) mass is 387 g/mol. The molecule has 0 aromatic heterocycles. The molecule has 0 aliphatic carbocycles. The maximum Gasteiger partial charge on any atom is 0.0384 e. The van der Waals surface area contributed by atoms with Crippen molar-refractivity contribution in [2.45, 2.75) is 6.92 Å². The molecule has 0 saturated carbocycles. The molecular weight excluding hydrogens is 362 g/mol. The molecule has 0 spiro atoms. The van der Waals surface area contributed by atoms with E-state index in [1.807, 2.05) is 6.07 Å². The van der Waals surface area contributed by atoms with Gasteiger partial charge in [0.2, 0.25) is 0 Å². The standard InChI is InChI=1S/C29H25N/c1-23-7-9-25(10-8-23)13-14-27-17-21-29(22-18-27)30-28-19-15-26(16-20-28)12-11-24-5-3-2-4-6-24/h2-22,30H,1H3/b12-11+,14-13+. The van der Waals surface area contributed by atoms with Gasteiger partial charge < -0.3 is 5.32 Å². The topological polar surface area (TPSA) is 12.0 Å². The lowest BCUT2D eigenvalue weighted by Gasteiger charge is -2.07. The molecule has 0 heterocycles. The molecule has 0 bridgehead atoms. The van der Waals surface area contributed by atoms with E-state index in [9.17, 15) is 0 Å². The molecule has 1 nitrogen and oxygen atoms in total. The second-order valence-electron chi connectivity index (χ2n) is 7.36. The van der Waals surface area contributed by atoms with Crippen LogP contribution in [0.5, 0.6) is 0 Å². The first-order chi connectivity index (χ1) is 14.7. The third-order valence-electron chi connectivity index (χ3n) is 4.92. The molecule has 1 heteroatoms. The smallest absolute Gasteiger partial charge is 0.0384 e. The lowest BCUT2D eigenvalue weighted by Crippen LogP contribution is -1.89. The fourth-order valence-electron chi connectivity index (χ4n) is 3.15. The quantitative estimate of drug-likeness (QED) is 0.330. The molecule has 0 fully saturated rings. The van der Waals surface area contributed by atoms with E-state index in [0.29, 0.717) is 0 Å². The summed E-state index contributed by atoms with van der Waals surface area (Å²) in [5, 5.41) is 3.46. The highest BCUT2D eigenvalue weighted by molar-refractivity contribution is 5.73. The molecule has 4 aromatic carbocycles. The summed E-state index contributed by atoms with van der Waals surface area (Å²) in [4.78, 5) is 0. The van der Waals surface area contributed by atoms with Crippen LogP contribution in [0.15, 0.2) is 103 Å². The zero-order chi connectivity index (χ0) is 20.6. The van der Waals surface area contributed by atoms with Crippen LogP contribution in [0.4, 0.5) is 11.4 Å². The van der Waals surface area contributed by atoms with Crippen LogP contribution in [0.3, 0.4) is 0 Å². The second-order valence-corrected chi connectivity index (χ2v) is 7.36. The van der Waals surface area contributed by atoms with Crippen molar-refractivity contribution < 1.29 is 0 Å². The molecule has 0 aliphatic rings. The maximum atomic E-state index is 3.46. The summed E-state index contributed by atoms with van der Waals surface area (Å²) in [5.74, 6) is 0. The van der Waals surface area contributed by atoms with E-state index in [-0.39, 0.29) is 0 Å². The minimum atomic E-state index is 1.08. The van der Waals surface area contributed by atoms with Crippen molar-refractivity contribution in [3.8, 4) is 0 Å². The Balaban J connectivity index is 1.36. The van der Waals surface area contributed by atoms with Gasteiger partial charge in [0, 0.05) is 11.4 Å². The van der Waals surface area contributed by atoms with Crippen LogP contribution in [-0.4, -0.2) is 0 Å². The first kappa shape index (κ1) is 19.5. The number of hydrogen-bond acceptors (Lipinski definition) is 1. The predicted molar refractivity (Wildman–Crippen MR) is 132 cm³/mol. The Morgan fingerprint density at radius 2 is 0.800 bits per heavy atom. The summed E-state index contributed by atoms with van der Waals surface area (Å²) in [7, 11) is 0. The Morgan fingerprint density at radius 3 is 1.23 bits per heavy atom. The minimum Gasteiger partial charge on any atom is -0.356 e. The van der Waals surface area contributed by atoms with Gasteiger partial charge in [0.25, 0.3) is 0 Å². The highest BCUT2D eigenvalue weighted by atomic mass is 14.9. The van der Waals surface area contributed by atoms with Crippen LogP contribution >= 0.6 is 0 Å². The summed E-state index contributed by atoms with van der Waals surface area (Å²) in [6.45, 7) is 2.11. The zero-order valence-corrected chi connectivity index (χ0v) is 17.1. The van der Waals surface area contributed by atoms with E-state index in [2.05, 4.69) is 134 Å².